The number of aromatic nitrogens is 1. The van der Waals surface area contributed by atoms with E-state index in [4.69, 9.17) is 0 Å². The van der Waals surface area contributed by atoms with Crippen LogP contribution in [0.2, 0.25) is 0 Å². The van der Waals surface area contributed by atoms with E-state index in [0.717, 1.165) is 17.4 Å². The highest BCUT2D eigenvalue weighted by molar-refractivity contribution is 7.93. The number of nitro groups is 1. The fourth-order valence-corrected chi connectivity index (χ4v) is 3.35. The van der Waals surface area contributed by atoms with Crippen LogP contribution >= 0.6 is 11.3 Å². The van der Waals surface area contributed by atoms with Crippen molar-refractivity contribution < 1.29 is 17.7 Å². The van der Waals surface area contributed by atoms with Crippen LogP contribution in [0.1, 0.15) is 5.56 Å². The molecule has 1 N–H and O–H groups in total. The monoisotopic (exact) mass is 317 g/mol. The molecule has 0 saturated carbocycles. The molecule has 0 fully saturated rings. The summed E-state index contributed by atoms with van der Waals surface area (Å²) in [7, 11) is -4.05. The second kappa shape index (κ2) is 5.13. The molecule has 10 heteroatoms. The first-order valence-corrected chi connectivity index (χ1v) is 7.54. The summed E-state index contributed by atoms with van der Waals surface area (Å²) in [6, 6.07) is 1.70. The van der Waals surface area contributed by atoms with Gasteiger partial charge in [0.15, 0.2) is 5.13 Å². The van der Waals surface area contributed by atoms with E-state index < -0.39 is 31.3 Å². The highest BCUT2D eigenvalue weighted by Crippen LogP contribution is 2.26. The van der Waals surface area contributed by atoms with Crippen LogP contribution in [0.3, 0.4) is 0 Å². The molecule has 0 radical (unpaired) electrons. The van der Waals surface area contributed by atoms with E-state index in [1.807, 2.05) is 0 Å². The molecular formula is C10H8FN3O4S2. The first kappa shape index (κ1) is 14.3. The van der Waals surface area contributed by atoms with Gasteiger partial charge in [0.2, 0.25) is 5.82 Å². The number of aryl methyl sites for hydroxylation is 1. The van der Waals surface area contributed by atoms with Gasteiger partial charge in [-0.15, -0.1) is 11.3 Å². The van der Waals surface area contributed by atoms with Crippen LogP contribution in [-0.2, 0) is 10.0 Å². The Hall–Kier alpha value is -2.07. The van der Waals surface area contributed by atoms with E-state index in [9.17, 15) is 22.9 Å². The van der Waals surface area contributed by atoms with Gasteiger partial charge in [-0.05, 0) is 18.6 Å². The maximum absolute atomic E-state index is 13.5. The maximum atomic E-state index is 13.5. The smallest absolute Gasteiger partial charge is 0.258 e. The molecule has 1 aromatic carbocycles. The van der Waals surface area contributed by atoms with Gasteiger partial charge in [-0.25, -0.2) is 13.4 Å². The number of nitro benzene ring substituents is 1. The van der Waals surface area contributed by atoms with Gasteiger partial charge in [0.1, 0.15) is 0 Å². The van der Waals surface area contributed by atoms with Crippen LogP contribution in [0, 0.1) is 22.9 Å². The normalized spacial score (nSPS) is 11.3. The summed E-state index contributed by atoms with van der Waals surface area (Å²) in [5.74, 6) is -1.05. The van der Waals surface area contributed by atoms with Crippen LogP contribution in [0.15, 0.2) is 28.6 Å². The molecule has 0 unspecified atom stereocenters. The Bertz CT molecular complexity index is 759. The predicted octanol–water partition coefficient (Wildman–Crippen LogP) is 2.30. The molecule has 0 spiro atoms. The van der Waals surface area contributed by atoms with E-state index in [0.29, 0.717) is 6.07 Å². The van der Waals surface area contributed by atoms with Gasteiger partial charge in [0.25, 0.3) is 10.0 Å². The first-order valence-electron chi connectivity index (χ1n) is 5.18. The maximum Gasteiger partial charge on any atom is 0.306 e. The Balaban J connectivity index is 2.49. The lowest BCUT2D eigenvalue weighted by Crippen LogP contribution is -2.13. The number of rotatable bonds is 4. The van der Waals surface area contributed by atoms with Crippen LogP contribution in [0.4, 0.5) is 15.2 Å². The van der Waals surface area contributed by atoms with Gasteiger partial charge >= 0.3 is 5.69 Å². The second-order valence-electron chi connectivity index (χ2n) is 3.77. The summed E-state index contributed by atoms with van der Waals surface area (Å²) < 4.78 is 39.8. The number of sulfonamides is 1. The summed E-state index contributed by atoms with van der Waals surface area (Å²) in [5, 5.41) is 12.4. The number of hydrogen-bond donors (Lipinski definition) is 1. The quantitative estimate of drug-likeness (QED) is 0.688. The highest BCUT2D eigenvalue weighted by atomic mass is 32.2. The molecule has 2 rings (SSSR count). The Kier molecular flexibility index (Phi) is 3.68. The van der Waals surface area contributed by atoms with Crippen molar-refractivity contribution in [3.05, 3.63) is 45.2 Å². The molecule has 0 aliphatic carbocycles. The molecule has 0 bridgehead atoms. The van der Waals surface area contributed by atoms with Gasteiger partial charge in [-0.3, -0.25) is 14.8 Å². The second-order valence-corrected chi connectivity index (χ2v) is 6.35. The fraction of sp³-hybridized carbons (Fsp3) is 0.100. The van der Waals surface area contributed by atoms with Gasteiger partial charge in [0, 0.05) is 17.6 Å². The van der Waals surface area contributed by atoms with Crippen molar-refractivity contribution in [2.24, 2.45) is 0 Å². The lowest BCUT2D eigenvalue weighted by Gasteiger charge is -2.07. The molecule has 7 nitrogen and oxygen atoms in total. The summed E-state index contributed by atoms with van der Waals surface area (Å²) in [6.07, 6.45) is 1.40. The summed E-state index contributed by atoms with van der Waals surface area (Å²) in [5.41, 5.74) is -1.01. The van der Waals surface area contributed by atoms with Crippen molar-refractivity contribution in [1.29, 1.82) is 0 Å². The third kappa shape index (κ3) is 2.75. The number of halogens is 1. The molecule has 0 saturated heterocycles. The van der Waals surface area contributed by atoms with Crippen LogP contribution < -0.4 is 4.72 Å². The first-order chi connectivity index (χ1) is 9.31. The lowest BCUT2D eigenvalue weighted by atomic mass is 10.2. The molecule has 0 aliphatic heterocycles. The van der Waals surface area contributed by atoms with Gasteiger partial charge in [-0.1, -0.05) is 0 Å². The molecule has 0 amide bonds. The van der Waals surface area contributed by atoms with Crippen molar-refractivity contribution >= 4 is 32.2 Å². The van der Waals surface area contributed by atoms with Crippen molar-refractivity contribution in [3.8, 4) is 0 Å². The molecule has 1 aromatic heterocycles. The molecule has 106 valence electrons. The zero-order chi connectivity index (χ0) is 14.9. The minimum absolute atomic E-state index is 0.120. The van der Waals surface area contributed by atoms with E-state index in [1.54, 1.807) is 5.38 Å². The van der Waals surface area contributed by atoms with E-state index in [-0.39, 0.29) is 10.7 Å². The van der Waals surface area contributed by atoms with E-state index in [2.05, 4.69) is 9.71 Å². The molecule has 1 heterocycles. The molecule has 0 atom stereocenters. The van der Waals surface area contributed by atoms with Crippen LogP contribution in [0.5, 0.6) is 0 Å². The molecule has 2 aromatic rings. The Morgan fingerprint density at radius 1 is 1.45 bits per heavy atom. The number of nitrogens with one attached hydrogen (secondary N) is 1. The highest BCUT2D eigenvalue weighted by Gasteiger charge is 2.24. The standard InChI is InChI=1S/C10H8FN3O4S2/c1-6-4-7(5-8(9(6)11)14(15)16)20(17,18)13-10-12-2-3-19-10/h2-5H,1H3,(H,12,13). The largest absolute Gasteiger partial charge is 0.306 e. The molecule has 0 aliphatic rings. The summed E-state index contributed by atoms with van der Waals surface area (Å²) in [4.78, 5) is 13.1. The average molecular weight is 317 g/mol. The molecule has 20 heavy (non-hydrogen) atoms. The van der Waals surface area contributed by atoms with Crippen molar-refractivity contribution in [2.75, 3.05) is 4.72 Å². The molecular weight excluding hydrogens is 309 g/mol. The minimum Gasteiger partial charge on any atom is -0.258 e. The fourth-order valence-electron chi connectivity index (χ4n) is 1.45. The van der Waals surface area contributed by atoms with Crippen molar-refractivity contribution in [1.82, 2.24) is 4.98 Å². The van der Waals surface area contributed by atoms with Gasteiger partial charge < -0.3 is 0 Å². The van der Waals surface area contributed by atoms with Crippen LogP contribution in [-0.4, -0.2) is 18.3 Å². The zero-order valence-electron chi connectivity index (χ0n) is 10.0. The Labute approximate surface area is 117 Å². The Morgan fingerprint density at radius 2 is 2.15 bits per heavy atom. The van der Waals surface area contributed by atoms with Crippen LogP contribution in [0.25, 0.3) is 0 Å². The lowest BCUT2D eigenvalue weighted by molar-refractivity contribution is -0.387. The van der Waals surface area contributed by atoms with E-state index in [1.165, 1.54) is 13.1 Å². The average Bonchev–Trinajstić information content (AvgIpc) is 2.83. The number of nitrogens with zero attached hydrogens (tertiary/aromatic N) is 2. The minimum atomic E-state index is -4.05. The van der Waals surface area contributed by atoms with E-state index >= 15 is 0 Å². The number of thiazole rings is 1. The van der Waals surface area contributed by atoms with Crippen molar-refractivity contribution in [2.45, 2.75) is 11.8 Å². The Morgan fingerprint density at radius 3 is 2.70 bits per heavy atom. The number of benzene rings is 1. The number of anilines is 1. The van der Waals surface area contributed by atoms with Gasteiger partial charge in [-0.2, -0.15) is 4.39 Å². The third-order valence-corrected chi connectivity index (χ3v) is 4.51. The SMILES string of the molecule is Cc1cc(S(=O)(=O)Nc2nccs2)cc([N+](=O)[O-])c1F. The van der Waals surface area contributed by atoms with Crippen molar-refractivity contribution in [3.63, 3.8) is 0 Å². The zero-order valence-corrected chi connectivity index (χ0v) is 11.7. The summed E-state index contributed by atoms with van der Waals surface area (Å²) in [6.45, 7) is 1.25. The summed E-state index contributed by atoms with van der Waals surface area (Å²) >= 11 is 1.05. The number of hydrogen-bond acceptors (Lipinski definition) is 6. The van der Waals surface area contributed by atoms with Gasteiger partial charge in [0.05, 0.1) is 9.82 Å². The third-order valence-electron chi connectivity index (χ3n) is 2.37. The topological polar surface area (TPSA) is 102 Å². The predicted molar refractivity (Wildman–Crippen MR) is 70.7 cm³/mol.